The van der Waals surface area contributed by atoms with Crippen LogP contribution in [0.5, 0.6) is 23.0 Å². The Morgan fingerprint density at radius 2 is 1.81 bits per heavy atom. The van der Waals surface area contributed by atoms with Gasteiger partial charge in [-0.2, -0.15) is 21.6 Å². The van der Waals surface area contributed by atoms with Gasteiger partial charge in [-0.15, -0.1) is 0 Å². The molecule has 0 saturated heterocycles. The van der Waals surface area contributed by atoms with Gasteiger partial charge in [-0.1, -0.05) is 6.07 Å². The third kappa shape index (κ3) is 4.22. The maximum atomic E-state index is 15.0. The van der Waals surface area contributed by atoms with Gasteiger partial charge in [0, 0.05) is 34.6 Å². The lowest BCUT2D eigenvalue weighted by molar-refractivity contribution is -0.0500. The van der Waals surface area contributed by atoms with E-state index < -0.39 is 32.7 Å². The molecule has 2 aliphatic rings. The zero-order valence-corrected chi connectivity index (χ0v) is 19.6. The summed E-state index contributed by atoms with van der Waals surface area (Å²) in [5.41, 5.74) is -0.0920. The smallest absolute Gasteiger partial charge is 0.497 e. The van der Waals surface area contributed by atoms with Crippen molar-refractivity contribution < 1.29 is 44.4 Å². The van der Waals surface area contributed by atoms with Crippen molar-refractivity contribution in [2.45, 2.75) is 11.0 Å². The fourth-order valence-corrected chi connectivity index (χ4v) is 4.50. The number of amidine groups is 1. The van der Waals surface area contributed by atoms with Crippen molar-refractivity contribution >= 4 is 27.5 Å². The lowest BCUT2D eigenvalue weighted by Gasteiger charge is -2.34. The van der Waals surface area contributed by atoms with E-state index in [1.165, 1.54) is 7.11 Å². The van der Waals surface area contributed by atoms with Gasteiger partial charge < -0.3 is 29.4 Å². The molecule has 3 aromatic carbocycles. The molecule has 0 amide bonds. The zero-order valence-electron chi connectivity index (χ0n) is 18.8. The number of aliphatic imine (C=N–C) groups is 1. The number of nitrogens with zero attached hydrogens (tertiary/aromatic N) is 1. The first-order valence-electron chi connectivity index (χ1n) is 10.5. The number of anilines is 2. The van der Waals surface area contributed by atoms with Crippen LogP contribution in [0.4, 0.5) is 28.9 Å². The second-order valence-electron chi connectivity index (χ2n) is 8.03. The van der Waals surface area contributed by atoms with Crippen LogP contribution in [0.3, 0.4) is 0 Å². The highest BCUT2D eigenvalue weighted by atomic mass is 32.2. The molecule has 1 atom stereocenters. The molecule has 14 heteroatoms. The van der Waals surface area contributed by atoms with E-state index in [0.717, 1.165) is 6.07 Å². The van der Waals surface area contributed by atoms with E-state index in [2.05, 4.69) is 14.5 Å². The van der Waals surface area contributed by atoms with E-state index in [-0.39, 0.29) is 29.7 Å². The minimum atomic E-state index is -6.07. The van der Waals surface area contributed by atoms with Gasteiger partial charge in [-0.05, 0) is 36.4 Å². The molecule has 0 aromatic heterocycles. The first kappa shape index (κ1) is 24.5. The number of hydrogen-bond acceptors (Lipinski definition) is 9. The third-order valence-corrected chi connectivity index (χ3v) is 6.66. The molecule has 2 heterocycles. The molecule has 37 heavy (non-hydrogen) atoms. The molecule has 5 rings (SSSR count). The molecule has 0 aliphatic carbocycles. The standard InChI is InChI=1S/C23H17F4N3O6S/c1-33-14-4-2-3-12(7-14)29-13-5-6-19-16(8-13)22(11-34-21(28)30-22)17-9-15(10-18(24)20(17)35-19)36-37(31,32)23(25,26)27/h2-10,29H,11H2,1H3,(H2,28,30). The van der Waals surface area contributed by atoms with E-state index in [0.29, 0.717) is 28.8 Å². The minimum absolute atomic E-state index is 0.133. The molecular weight excluding hydrogens is 522 g/mol. The van der Waals surface area contributed by atoms with Gasteiger partial charge in [0.15, 0.2) is 17.1 Å². The Morgan fingerprint density at radius 3 is 2.49 bits per heavy atom. The van der Waals surface area contributed by atoms with Crippen LogP contribution in [0.15, 0.2) is 59.6 Å². The lowest BCUT2D eigenvalue weighted by atomic mass is 9.81. The van der Waals surface area contributed by atoms with E-state index in [1.807, 2.05) is 0 Å². The molecule has 194 valence electrons. The summed E-state index contributed by atoms with van der Waals surface area (Å²) < 4.78 is 97.2. The Bertz CT molecular complexity index is 1540. The molecule has 2 aliphatic heterocycles. The number of benzene rings is 3. The van der Waals surface area contributed by atoms with Gasteiger partial charge in [0.2, 0.25) is 0 Å². The predicted octanol–water partition coefficient (Wildman–Crippen LogP) is 4.50. The van der Waals surface area contributed by atoms with Crippen molar-refractivity contribution in [1.29, 1.82) is 0 Å². The zero-order chi connectivity index (χ0) is 26.6. The number of nitrogens with two attached hydrogens (primary N) is 1. The average molecular weight is 539 g/mol. The van der Waals surface area contributed by atoms with Gasteiger partial charge >= 0.3 is 15.6 Å². The largest absolute Gasteiger partial charge is 0.534 e. The number of rotatable bonds is 5. The second kappa shape index (κ2) is 8.44. The third-order valence-electron chi connectivity index (χ3n) is 5.68. The summed E-state index contributed by atoms with van der Waals surface area (Å²) in [6.07, 6.45) is 0. The molecule has 3 N–H and O–H groups in total. The summed E-state index contributed by atoms with van der Waals surface area (Å²) >= 11 is 0. The Labute approximate surface area is 207 Å². The number of halogens is 4. The maximum Gasteiger partial charge on any atom is 0.534 e. The Morgan fingerprint density at radius 1 is 1.05 bits per heavy atom. The number of ether oxygens (including phenoxy) is 3. The van der Waals surface area contributed by atoms with Gasteiger partial charge in [0.25, 0.3) is 6.02 Å². The molecule has 3 aromatic rings. The Balaban J connectivity index is 1.61. The molecule has 0 radical (unpaired) electrons. The van der Waals surface area contributed by atoms with Gasteiger partial charge in [0.05, 0.1) is 7.11 Å². The van der Waals surface area contributed by atoms with Crippen molar-refractivity contribution in [2.75, 3.05) is 19.0 Å². The summed E-state index contributed by atoms with van der Waals surface area (Å²) in [5.74, 6) is -1.70. The molecule has 0 saturated carbocycles. The second-order valence-corrected chi connectivity index (χ2v) is 9.57. The first-order valence-corrected chi connectivity index (χ1v) is 11.9. The van der Waals surface area contributed by atoms with Crippen LogP contribution >= 0.6 is 0 Å². The first-order chi connectivity index (χ1) is 17.4. The number of nitrogens with one attached hydrogen (secondary N) is 1. The summed E-state index contributed by atoms with van der Waals surface area (Å²) in [5, 5.41) is 3.18. The monoisotopic (exact) mass is 539 g/mol. The van der Waals surface area contributed by atoms with Crippen molar-refractivity contribution in [2.24, 2.45) is 10.7 Å². The van der Waals surface area contributed by atoms with Crippen LogP contribution < -0.4 is 24.7 Å². The van der Waals surface area contributed by atoms with Gasteiger partial charge in [-0.3, -0.25) is 0 Å². The van der Waals surface area contributed by atoms with Crippen LogP contribution in [0.2, 0.25) is 0 Å². The van der Waals surface area contributed by atoms with Crippen LogP contribution in [0.25, 0.3) is 0 Å². The van der Waals surface area contributed by atoms with E-state index in [4.69, 9.17) is 19.9 Å². The molecular formula is C23H17F4N3O6S. The summed E-state index contributed by atoms with van der Waals surface area (Å²) in [4.78, 5) is 4.32. The summed E-state index contributed by atoms with van der Waals surface area (Å²) in [6, 6.07) is 13.0. The van der Waals surface area contributed by atoms with E-state index in [1.54, 1.807) is 42.5 Å². The van der Waals surface area contributed by atoms with Crippen LogP contribution in [0, 0.1) is 5.82 Å². The van der Waals surface area contributed by atoms with E-state index >= 15 is 4.39 Å². The Hall–Kier alpha value is -4.20. The van der Waals surface area contributed by atoms with Gasteiger partial charge in [0.1, 0.15) is 23.9 Å². The molecule has 0 bridgehead atoms. The number of methoxy groups -OCH3 is 1. The molecule has 1 spiro atoms. The van der Waals surface area contributed by atoms with Crippen molar-refractivity contribution in [3.8, 4) is 23.0 Å². The highest BCUT2D eigenvalue weighted by Gasteiger charge is 2.51. The average Bonchev–Trinajstić information content (AvgIpc) is 3.22. The number of hydrogen-bond donors (Lipinski definition) is 2. The van der Waals surface area contributed by atoms with Crippen molar-refractivity contribution in [3.63, 3.8) is 0 Å². The quantitative estimate of drug-likeness (QED) is 0.276. The SMILES string of the molecule is COc1cccc(Nc2ccc3c(c2)C2(COC(N)=N2)c2cc(OS(=O)(=O)C(F)(F)F)cc(F)c2O3)c1. The van der Waals surface area contributed by atoms with Crippen molar-refractivity contribution in [1.82, 2.24) is 0 Å². The molecule has 1 unspecified atom stereocenters. The maximum absolute atomic E-state index is 15.0. The highest BCUT2D eigenvalue weighted by Crippen LogP contribution is 2.53. The Kier molecular flexibility index (Phi) is 5.58. The number of fused-ring (bicyclic) bond motifs is 4. The predicted molar refractivity (Wildman–Crippen MR) is 123 cm³/mol. The lowest BCUT2D eigenvalue weighted by Crippen LogP contribution is -2.32. The number of alkyl halides is 3. The van der Waals surface area contributed by atoms with Crippen molar-refractivity contribution in [3.05, 3.63) is 71.5 Å². The minimum Gasteiger partial charge on any atom is -0.497 e. The van der Waals surface area contributed by atoms with Gasteiger partial charge in [-0.25, -0.2) is 9.38 Å². The fraction of sp³-hybridized carbons (Fsp3) is 0.174. The topological polar surface area (TPSA) is 121 Å². The summed E-state index contributed by atoms with van der Waals surface area (Å²) in [6.45, 7) is -0.264. The molecule has 9 nitrogen and oxygen atoms in total. The highest BCUT2D eigenvalue weighted by molar-refractivity contribution is 7.88. The van der Waals surface area contributed by atoms with Crippen LogP contribution in [0.1, 0.15) is 11.1 Å². The molecule has 0 fully saturated rings. The normalized spacial score (nSPS) is 18.2. The summed E-state index contributed by atoms with van der Waals surface area (Å²) in [7, 11) is -4.54. The van der Waals surface area contributed by atoms with Crippen LogP contribution in [-0.2, 0) is 20.4 Å². The van der Waals surface area contributed by atoms with E-state index in [9.17, 15) is 21.6 Å². The van der Waals surface area contributed by atoms with Crippen LogP contribution in [-0.4, -0.2) is 33.7 Å². The fourth-order valence-electron chi connectivity index (χ4n) is 4.05.